The summed E-state index contributed by atoms with van der Waals surface area (Å²) >= 11 is 0. The van der Waals surface area contributed by atoms with Crippen molar-refractivity contribution in [2.45, 2.75) is 39.8 Å². The summed E-state index contributed by atoms with van der Waals surface area (Å²) in [4.78, 5) is 4.22. The van der Waals surface area contributed by atoms with Crippen LogP contribution < -0.4 is 5.32 Å². The Kier molecular flexibility index (Phi) is 3.48. The SMILES string of the molecule is CCNC(C)C(C)n1ccnc1C. The monoisotopic (exact) mass is 181 g/mol. The molecule has 1 heterocycles. The summed E-state index contributed by atoms with van der Waals surface area (Å²) < 4.78 is 2.20. The van der Waals surface area contributed by atoms with Crippen LogP contribution in [-0.2, 0) is 0 Å². The maximum Gasteiger partial charge on any atom is 0.105 e. The zero-order chi connectivity index (χ0) is 9.84. The van der Waals surface area contributed by atoms with Crippen molar-refractivity contribution in [2.24, 2.45) is 0 Å². The Hall–Kier alpha value is -0.830. The molecular weight excluding hydrogens is 162 g/mol. The molecule has 74 valence electrons. The summed E-state index contributed by atoms with van der Waals surface area (Å²) in [5, 5.41) is 3.41. The highest BCUT2D eigenvalue weighted by molar-refractivity contribution is 4.93. The summed E-state index contributed by atoms with van der Waals surface area (Å²) in [6.07, 6.45) is 3.89. The number of imidazole rings is 1. The molecule has 0 saturated heterocycles. The van der Waals surface area contributed by atoms with Crippen LogP contribution >= 0.6 is 0 Å². The van der Waals surface area contributed by atoms with E-state index in [2.05, 4.69) is 35.6 Å². The number of likely N-dealkylation sites (N-methyl/N-ethyl adjacent to an activating group) is 1. The Morgan fingerprint density at radius 2 is 2.23 bits per heavy atom. The molecule has 1 rings (SSSR count). The molecule has 1 N–H and O–H groups in total. The minimum atomic E-state index is 0.461. The molecule has 0 saturated carbocycles. The molecule has 3 heteroatoms. The van der Waals surface area contributed by atoms with Gasteiger partial charge in [-0.2, -0.15) is 0 Å². The van der Waals surface area contributed by atoms with Crippen LogP contribution in [0.4, 0.5) is 0 Å². The van der Waals surface area contributed by atoms with Crippen LogP contribution in [0.15, 0.2) is 12.4 Å². The Morgan fingerprint density at radius 3 is 2.69 bits per heavy atom. The minimum absolute atomic E-state index is 0.461. The van der Waals surface area contributed by atoms with Gasteiger partial charge in [-0.1, -0.05) is 6.92 Å². The number of hydrogen-bond donors (Lipinski definition) is 1. The average Bonchev–Trinajstić information content (AvgIpc) is 2.50. The Labute approximate surface area is 80.2 Å². The molecule has 0 spiro atoms. The lowest BCUT2D eigenvalue weighted by molar-refractivity contribution is 0.393. The van der Waals surface area contributed by atoms with Gasteiger partial charge < -0.3 is 9.88 Å². The number of aromatic nitrogens is 2. The van der Waals surface area contributed by atoms with Crippen LogP contribution in [0.25, 0.3) is 0 Å². The van der Waals surface area contributed by atoms with E-state index >= 15 is 0 Å². The summed E-state index contributed by atoms with van der Waals surface area (Å²) in [6.45, 7) is 9.59. The summed E-state index contributed by atoms with van der Waals surface area (Å²) in [6, 6.07) is 0.945. The number of nitrogens with one attached hydrogen (secondary N) is 1. The predicted molar refractivity (Wildman–Crippen MR) is 54.8 cm³/mol. The second-order valence-electron chi connectivity index (χ2n) is 3.47. The molecule has 0 aromatic carbocycles. The standard InChI is InChI=1S/C10H19N3/c1-5-11-8(2)9(3)13-7-6-12-10(13)4/h6-9,11H,5H2,1-4H3. The van der Waals surface area contributed by atoms with Gasteiger partial charge in [-0.25, -0.2) is 4.98 Å². The highest BCUT2D eigenvalue weighted by atomic mass is 15.1. The lowest BCUT2D eigenvalue weighted by atomic mass is 10.1. The van der Waals surface area contributed by atoms with Gasteiger partial charge in [-0.05, 0) is 27.3 Å². The normalized spacial score (nSPS) is 15.7. The molecule has 0 aliphatic rings. The molecule has 2 unspecified atom stereocenters. The first-order valence-corrected chi connectivity index (χ1v) is 4.89. The van der Waals surface area contributed by atoms with Crippen molar-refractivity contribution >= 4 is 0 Å². The van der Waals surface area contributed by atoms with Gasteiger partial charge in [0.05, 0.1) is 0 Å². The largest absolute Gasteiger partial charge is 0.331 e. The van der Waals surface area contributed by atoms with Gasteiger partial charge in [0.25, 0.3) is 0 Å². The third-order valence-electron chi connectivity index (χ3n) is 2.55. The molecule has 0 bridgehead atoms. The number of aryl methyl sites for hydroxylation is 1. The van der Waals surface area contributed by atoms with Crippen LogP contribution in [-0.4, -0.2) is 22.1 Å². The molecule has 3 nitrogen and oxygen atoms in total. The van der Waals surface area contributed by atoms with E-state index in [9.17, 15) is 0 Å². The smallest absolute Gasteiger partial charge is 0.105 e. The zero-order valence-corrected chi connectivity index (χ0v) is 8.91. The fourth-order valence-electron chi connectivity index (χ4n) is 1.55. The molecule has 0 radical (unpaired) electrons. The van der Waals surface area contributed by atoms with E-state index in [0.717, 1.165) is 12.4 Å². The van der Waals surface area contributed by atoms with E-state index in [-0.39, 0.29) is 0 Å². The van der Waals surface area contributed by atoms with Crippen molar-refractivity contribution < 1.29 is 0 Å². The van der Waals surface area contributed by atoms with Crippen molar-refractivity contribution in [3.05, 3.63) is 18.2 Å². The molecule has 2 atom stereocenters. The molecule has 0 fully saturated rings. The third-order valence-corrected chi connectivity index (χ3v) is 2.55. The van der Waals surface area contributed by atoms with Crippen molar-refractivity contribution in [3.8, 4) is 0 Å². The first-order chi connectivity index (χ1) is 6.16. The average molecular weight is 181 g/mol. The van der Waals surface area contributed by atoms with Crippen LogP contribution in [0.2, 0.25) is 0 Å². The molecule has 13 heavy (non-hydrogen) atoms. The quantitative estimate of drug-likeness (QED) is 0.767. The van der Waals surface area contributed by atoms with Crippen molar-refractivity contribution in [1.82, 2.24) is 14.9 Å². The van der Waals surface area contributed by atoms with Gasteiger partial charge >= 0.3 is 0 Å². The second-order valence-corrected chi connectivity index (χ2v) is 3.47. The molecule has 0 aliphatic heterocycles. The van der Waals surface area contributed by atoms with E-state index in [1.807, 2.05) is 19.3 Å². The van der Waals surface area contributed by atoms with Gasteiger partial charge in [0.1, 0.15) is 5.82 Å². The van der Waals surface area contributed by atoms with Crippen molar-refractivity contribution in [2.75, 3.05) is 6.54 Å². The summed E-state index contributed by atoms with van der Waals surface area (Å²) in [7, 11) is 0. The van der Waals surface area contributed by atoms with E-state index in [4.69, 9.17) is 0 Å². The highest BCUT2D eigenvalue weighted by Gasteiger charge is 2.13. The molecule has 1 aromatic heterocycles. The molecule has 0 aliphatic carbocycles. The Bertz CT molecular complexity index is 254. The predicted octanol–water partition coefficient (Wildman–Crippen LogP) is 1.75. The molecular formula is C10H19N3. The van der Waals surface area contributed by atoms with Crippen LogP contribution in [0, 0.1) is 6.92 Å². The summed E-state index contributed by atoms with van der Waals surface area (Å²) in [5.74, 6) is 1.08. The first kappa shape index (κ1) is 10.3. The number of hydrogen-bond acceptors (Lipinski definition) is 2. The fourth-order valence-corrected chi connectivity index (χ4v) is 1.55. The maximum atomic E-state index is 4.22. The van der Waals surface area contributed by atoms with Gasteiger partial charge in [-0.15, -0.1) is 0 Å². The fraction of sp³-hybridized carbons (Fsp3) is 0.700. The van der Waals surface area contributed by atoms with Gasteiger partial charge in [0.15, 0.2) is 0 Å². The van der Waals surface area contributed by atoms with Gasteiger partial charge in [0.2, 0.25) is 0 Å². The number of rotatable bonds is 4. The highest BCUT2D eigenvalue weighted by Crippen LogP contribution is 2.12. The van der Waals surface area contributed by atoms with E-state index < -0.39 is 0 Å². The first-order valence-electron chi connectivity index (χ1n) is 4.89. The van der Waals surface area contributed by atoms with Crippen molar-refractivity contribution in [3.63, 3.8) is 0 Å². The molecule has 1 aromatic rings. The van der Waals surface area contributed by atoms with Crippen LogP contribution in [0.1, 0.15) is 32.6 Å². The maximum absolute atomic E-state index is 4.22. The topological polar surface area (TPSA) is 29.9 Å². The van der Waals surface area contributed by atoms with Crippen molar-refractivity contribution in [1.29, 1.82) is 0 Å². The minimum Gasteiger partial charge on any atom is -0.331 e. The van der Waals surface area contributed by atoms with Gasteiger partial charge in [0, 0.05) is 24.5 Å². The zero-order valence-electron chi connectivity index (χ0n) is 8.91. The Morgan fingerprint density at radius 1 is 1.54 bits per heavy atom. The lowest BCUT2D eigenvalue weighted by Crippen LogP contribution is -2.33. The second kappa shape index (κ2) is 4.42. The van der Waals surface area contributed by atoms with Crippen LogP contribution in [0.5, 0.6) is 0 Å². The number of nitrogens with zero attached hydrogens (tertiary/aromatic N) is 2. The van der Waals surface area contributed by atoms with E-state index in [0.29, 0.717) is 12.1 Å². The van der Waals surface area contributed by atoms with E-state index in [1.54, 1.807) is 0 Å². The Balaban J connectivity index is 2.67. The van der Waals surface area contributed by atoms with Crippen LogP contribution in [0.3, 0.4) is 0 Å². The third kappa shape index (κ3) is 2.31. The van der Waals surface area contributed by atoms with Gasteiger partial charge in [-0.3, -0.25) is 0 Å². The summed E-state index contributed by atoms with van der Waals surface area (Å²) in [5.41, 5.74) is 0. The van der Waals surface area contributed by atoms with E-state index in [1.165, 1.54) is 0 Å². The lowest BCUT2D eigenvalue weighted by Gasteiger charge is -2.23. The molecule has 0 amide bonds.